The highest BCUT2D eigenvalue weighted by Crippen LogP contribution is 2.45. The van der Waals surface area contributed by atoms with Gasteiger partial charge in [-0.05, 0) is 35.9 Å². The van der Waals surface area contributed by atoms with Crippen LogP contribution < -0.4 is 15.8 Å². The van der Waals surface area contributed by atoms with Gasteiger partial charge < -0.3 is 39.0 Å². The average Bonchev–Trinajstić information content (AvgIpc) is 3.45. The summed E-state index contributed by atoms with van der Waals surface area (Å²) < 4.78 is 91.2. The van der Waals surface area contributed by atoms with Crippen molar-refractivity contribution in [2.24, 2.45) is 0 Å². The van der Waals surface area contributed by atoms with Gasteiger partial charge in [0.15, 0.2) is 16.2 Å². The van der Waals surface area contributed by atoms with Crippen molar-refractivity contribution < 1.29 is 73.9 Å². The number of carboxylic acids is 1. The number of carbonyl (C=O) groups is 4. The third kappa shape index (κ3) is 11.2. The molecule has 22 heteroatoms. The van der Waals surface area contributed by atoms with Gasteiger partial charge in [-0.15, -0.1) is 5.06 Å². The highest BCUT2D eigenvalue weighted by atomic mass is 32.2. The quantitative estimate of drug-likeness (QED) is 0.0314. The second-order valence-electron chi connectivity index (χ2n) is 11.9. The molecule has 57 heavy (non-hydrogen) atoms. The van der Waals surface area contributed by atoms with E-state index >= 15 is 0 Å². The van der Waals surface area contributed by atoms with E-state index in [1.807, 2.05) is 0 Å². The van der Waals surface area contributed by atoms with Gasteiger partial charge in [-0.3, -0.25) is 19.6 Å². The van der Waals surface area contributed by atoms with Crippen LogP contribution in [-0.4, -0.2) is 115 Å². The molecule has 0 atom stereocenters. The number of methoxy groups -OCH3 is 1. The van der Waals surface area contributed by atoms with Gasteiger partial charge in [-0.25, -0.2) is 22.7 Å². The number of ether oxygens (including phenoxy) is 4. The molecule has 0 bridgehead atoms. The molecular weight excluding hydrogens is 797 g/mol. The SMILES string of the molecule is CC(=O)ON1C(=O)CCC1=O.COCCOCCOCCOCCNS(=O)(=O)c1c(N)ccc2c(-c3ccccc3C(=O)O)c3ccc(=N)c(S(=O)(=O)O)c-3oc12. The molecule has 3 aliphatic rings. The molecule has 0 unspecified atom stereocenters. The van der Waals surface area contributed by atoms with Crippen molar-refractivity contribution in [3.63, 3.8) is 0 Å². The maximum absolute atomic E-state index is 13.6. The molecule has 1 aliphatic carbocycles. The number of carboxylic acid groups (broad SMARTS) is 1. The second kappa shape index (κ2) is 19.7. The molecule has 0 saturated carbocycles. The fourth-order valence-corrected chi connectivity index (χ4v) is 7.49. The van der Waals surface area contributed by atoms with Crippen LogP contribution in [0.4, 0.5) is 5.69 Å². The Morgan fingerprint density at radius 3 is 2.04 bits per heavy atom. The van der Waals surface area contributed by atoms with Crippen LogP contribution >= 0.6 is 0 Å². The molecule has 1 saturated heterocycles. The molecule has 0 aromatic heterocycles. The van der Waals surface area contributed by atoms with Gasteiger partial charge in [0, 0.05) is 49.9 Å². The van der Waals surface area contributed by atoms with Crippen LogP contribution in [0.25, 0.3) is 33.4 Å². The summed E-state index contributed by atoms with van der Waals surface area (Å²) in [6, 6.07) is 10.9. The Balaban J connectivity index is 0.000000563. The van der Waals surface area contributed by atoms with Gasteiger partial charge in [0.25, 0.3) is 21.9 Å². The Morgan fingerprint density at radius 2 is 1.46 bits per heavy atom. The van der Waals surface area contributed by atoms with Crippen LogP contribution in [-0.2, 0) is 58.3 Å². The minimum Gasteiger partial charge on any atom is -0.478 e. The lowest BCUT2D eigenvalue weighted by Gasteiger charge is -2.20. The number of amides is 2. The summed E-state index contributed by atoms with van der Waals surface area (Å²) in [6.07, 6.45) is 0.262. The van der Waals surface area contributed by atoms with E-state index in [0.29, 0.717) is 31.5 Å². The summed E-state index contributed by atoms with van der Waals surface area (Å²) in [4.78, 5) is 46.8. The van der Waals surface area contributed by atoms with Crippen LogP contribution in [0, 0.1) is 5.41 Å². The number of fused-ring (bicyclic) bond motifs is 2. The lowest BCUT2D eigenvalue weighted by atomic mass is 9.90. The fourth-order valence-electron chi connectivity index (χ4n) is 5.49. The molecule has 2 aromatic carbocycles. The number of aromatic carboxylic acids is 1. The largest absolute Gasteiger partial charge is 0.478 e. The Morgan fingerprint density at radius 1 is 0.860 bits per heavy atom. The molecule has 2 amide bonds. The normalized spacial score (nSPS) is 13.2. The van der Waals surface area contributed by atoms with Crippen LogP contribution in [0.5, 0.6) is 0 Å². The number of hydroxylamine groups is 2. The van der Waals surface area contributed by atoms with Gasteiger partial charge in [0.05, 0.1) is 62.9 Å². The predicted molar refractivity (Wildman–Crippen MR) is 198 cm³/mol. The van der Waals surface area contributed by atoms with Gasteiger partial charge in [0.1, 0.15) is 4.90 Å². The minimum absolute atomic E-state index is 0.00283. The monoisotopic (exact) mass is 836 g/mol. The van der Waals surface area contributed by atoms with Gasteiger partial charge in [-0.1, -0.05) is 18.2 Å². The van der Waals surface area contributed by atoms with Crippen LogP contribution in [0.2, 0.25) is 0 Å². The van der Waals surface area contributed by atoms with Crippen molar-refractivity contribution in [2.75, 3.05) is 65.6 Å². The van der Waals surface area contributed by atoms with Crippen LogP contribution in [0.15, 0.2) is 62.7 Å². The smallest absolute Gasteiger partial charge is 0.336 e. The van der Waals surface area contributed by atoms with Crippen molar-refractivity contribution >= 4 is 60.6 Å². The Labute approximate surface area is 326 Å². The fraction of sp³-hybridized carbons (Fsp3) is 0.343. The number of nitrogens with one attached hydrogen (secondary N) is 2. The number of sulfonamides is 1. The summed E-state index contributed by atoms with van der Waals surface area (Å²) in [6.45, 7) is 3.00. The first kappa shape index (κ1) is 44.4. The van der Waals surface area contributed by atoms with E-state index in [2.05, 4.69) is 9.56 Å². The Kier molecular flexibility index (Phi) is 15.3. The summed E-state index contributed by atoms with van der Waals surface area (Å²) in [7, 11) is -7.97. The first-order valence-electron chi connectivity index (χ1n) is 16.9. The van der Waals surface area contributed by atoms with E-state index in [9.17, 15) is 45.7 Å². The van der Waals surface area contributed by atoms with Crippen molar-refractivity contribution in [1.29, 1.82) is 5.41 Å². The maximum atomic E-state index is 13.6. The molecule has 0 radical (unpaired) electrons. The van der Waals surface area contributed by atoms with Crippen LogP contribution in [0.3, 0.4) is 0 Å². The molecule has 2 aromatic rings. The van der Waals surface area contributed by atoms with E-state index in [4.69, 9.17) is 34.5 Å². The van der Waals surface area contributed by atoms with Gasteiger partial charge in [0.2, 0.25) is 10.0 Å². The highest BCUT2D eigenvalue weighted by molar-refractivity contribution is 7.90. The van der Waals surface area contributed by atoms with Crippen molar-refractivity contribution in [1.82, 2.24) is 9.79 Å². The first-order chi connectivity index (χ1) is 27.0. The third-order valence-electron chi connectivity index (χ3n) is 7.89. The number of hydrogen-bond donors (Lipinski definition) is 5. The number of nitrogen functional groups attached to an aromatic ring is 1. The molecule has 2 aliphatic heterocycles. The summed E-state index contributed by atoms with van der Waals surface area (Å²) >= 11 is 0. The first-order valence-corrected chi connectivity index (χ1v) is 19.8. The summed E-state index contributed by atoms with van der Waals surface area (Å²) in [5, 5.41) is 18.0. The Hall–Kier alpha value is -5.33. The molecular formula is C35H40N4O16S2. The summed E-state index contributed by atoms with van der Waals surface area (Å²) in [5.41, 5.74) is 5.44. The lowest BCUT2D eigenvalue weighted by molar-refractivity contribution is -0.195. The molecule has 6 N–H and O–H groups in total. The number of anilines is 1. The van der Waals surface area contributed by atoms with E-state index in [1.54, 1.807) is 13.2 Å². The number of hydrogen-bond acceptors (Lipinski definition) is 16. The zero-order valence-corrected chi connectivity index (χ0v) is 32.3. The third-order valence-corrected chi connectivity index (χ3v) is 10.4. The number of carbonyl (C=O) groups excluding carboxylic acids is 3. The van der Waals surface area contributed by atoms with E-state index in [0.717, 1.165) is 13.0 Å². The van der Waals surface area contributed by atoms with Crippen molar-refractivity contribution in [3.05, 3.63) is 59.5 Å². The number of rotatable bonds is 18. The molecule has 0 spiro atoms. The van der Waals surface area contributed by atoms with Crippen molar-refractivity contribution in [3.8, 4) is 22.5 Å². The number of imide groups is 1. The second-order valence-corrected chi connectivity index (χ2v) is 14.9. The zero-order valence-electron chi connectivity index (χ0n) is 30.6. The van der Waals surface area contributed by atoms with E-state index in [1.165, 1.54) is 36.4 Å². The lowest BCUT2D eigenvalue weighted by Crippen LogP contribution is -2.30. The molecule has 20 nitrogen and oxygen atoms in total. The van der Waals surface area contributed by atoms with Gasteiger partial charge >= 0.3 is 11.9 Å². The van der Waals surface area contributed by atoms with Gasteiger partial charge in [-0.2, -0.15) is 8.42 Å². The Bertz CT molecular complexity index is 2370. The van der Waals surface area contributed by atoms with E-state index in [-0.39, 0.29) is 72.5 Å². The number of benzene rings is 3. The van der Waals surface area contributed by atoms with Crippen LogP contribution in [0.1, 0.15) is 30.1 Å². The standard InChI is InChI=1S/C29H33N3O12S2.C6H7NO4/c1-40-12-13-42-16-17-43-15-14-41-11-10-32-45(35,36)27-22(30)8-6-20-24(18-4-2-3-5-19(18)29(33)34)21-7-9-23(31)28(46(37,38)39)26(21)44-25(20)27;1-4(8)11-7-5(9)2-3-6(7)10/h2-9,31-32H,10-17,30H2,1H3,(H,33,34)(H,37,38,39);2-3H2,1H3. The highest BCUT2D eigenvalue weighted by Gasteiger charge is 2.33. The number of nitrogens with two attached hydrogens (primary N) is 1. The predicted octanol–water partition coefficient (Wildman–Crippen LogP) is 1.80. The zero-order chi connectivity index (χ0) is 41.9. The molecule has 308 valence electrons. The molecule has 2 heterocycles. The topological polar surface area (TPSA) is 301 Å². The molecule has 1 fully saturated rings. The maximum Gasteiger partial charge on any atom is 0.336 e. The number of nitrogens with zero attached hydrogens (tertiary/aromatic N) is 1. The minimum atomic E-state index is -5.08. The average molecular weight is 837 g/mol. The molecule has 5 rings (SSSR count). The van der Waals surface area contributed by atoms with E-state index < -0.39 is 70.4 Å². The summed E-state index contributed by atoms with van der Waals surface area (Å²) in [5.74, 6) is -3.44. The van der Waals surface area contributed by atoms with Crippen molar-refractivity contribution in [2.45, 2.75) is 29.6 Å².